The maximum Gasteiger partial charge on any atom is 0.408 e. The second-order valence-electron chi connectivity index (χ2n) is 9.61. The van der Waals surface area contributed by atoms with Crippen molar-refractivity contribution in [3.05, 3.63) is 96.1 Å². The molecule has 0 radical (unpaired) electrons. The Morgan fingerprint density at radius 3 is 1.87 bits per heavy atom. The molecule has 39 heavy (non-hydrogen) atoms. The fourth-order valence-electron chi connectivity index (χ4n) is 3.74. The quantitative estimate of drug-likeness (QED) is 0.323. The lowest BCUT2D eigenvalue weighted by Gasteiger charge is -2.30. The highest BCUT2D eigenvalue weighted by Crippen LogP contribution is 2.31. The van der Waals surface area contributed by atoms with Crippen LogP contribution in [0.4, 0.5) is 4.79 Å². The third-order valence-corrected chi connectivity index (χ3v) is 6.86. The van der Waals surface area contributed by atoms with Crippen molar-refractivity contribution < 1.29 is 32.2 Å². The summed E-state index contributed by atoms with van der Waals surface area (Å²) in [5.74, 6) is -0.207. The van der Waals surface area contributed by atoms with Gasteiger partial charge in [-0.2, -0.15) is 0 Å². The van der Waals surface area contributed by atoms with E-state index in [1.165, 1.54) is 24.3 Å². The molecule has 0 saturated heterocycles. The minimum Gasteiger partial charge on any atom is -0.482 e. The molecule has 0 saturated carbocycles. The second-order valence-corrected chi connectivity index (χ2v) is 11.3. The Labute approximate surface area is 229 Å². The molecule has 0 fully saturated rings. The van der Waals surface area contributed by atoms with E-state index >= 15 is 0 Å². The summed E-state index contributed by atoms with van der Waals surface area (Å²) in [4.78, 5) is 24.4. The molecule has 3 aromatic rings. The molecule has 0 spiro atoms. The molecule has 10 heteroatoms. The van der Waals surface area contributed by atoms with Gasteiger partial charge in [-0.1, -0.05) is 60.7 Å². The molecule has 3 aromatic carbocycles. The zero-order chi connectivity index (χ0) is 28.5. The van der Waals surface area contributed by atoms with Gasteiger partial charge in [-0.3, -0.25) is 0 Å². The number of alkyl carbamates (subject to hydrolysis) is 1. The van der Waals surface area contributed by atoms with Crippen LogP contribution >= 0.6 is 0 Å². The Balaban J connectivity index is 1.92. The van der Waals surface area contributed by atoms with Crippen molar-refractivity contribution >= 4 is 22.1 Å². The van der Waals surface area contributed by atoms with Gasteiger partial charge < -0.3 is 19.5 Å². The van der Waals surface area contributed by atoms with Crippen molar-refractivity contribution in [2.75, 3.05) is 13.2 Å². The van der Waals surface area contributed by atoms with Gasteiger partial charge in [0.25, 0.3) is 0 Å². The number of amides is 1. The topological polar surface area (TPSA) is 120 Å². The van der Waals surface area contributed by atoms with Crippen molar-refractivity contribution in [1.29, 1.82) is 0 Å². The molecule has 9 nitrogen and oxygen atoms in total. The Hall–Kier alpha value is -3.89. The van der Waals surface area contributed by atoms with Crippen LogP contribution in [0.5, 0.6) is 5.75 Å². The third kappa shape index (κ3) is 9.12. The van der Waals surface area contributed by atoms with Crippen LogP contribution in [0.1, 0.15) is 50.9 Å². The first-order chi connectivity index (χ1) is 18.5. The number of hydrogen-bond donors (Lipinski definition) is 2. The molecule has 3 rings (SSSR count). The summed E-state index contributed by atoms with van der Waals surface area (Å²) < 4.78 is 45.6. The first-order valence-corrected chi connectivity index (χ1v) is 14.0. The van der Waals surface area contributed by atoms with E-state index in [0.29, 0.717) is 16.9 Å². The van der Waals surface area contributed by atoms with E-state index in [4.69, 9.17) is 14.2 Å². The molecular formula is C29H34N2O7S. The Bertz CT molecular complexity index is 1320. The maximum absolute atomic E-state index is 13.6. The fraction of sp³-hybridized carbons (Fsp3) is 0.310. The summed E-state index contributed by atoms with van der Waals surface area (Å²) in [7, 11) is -4.08. The van der Waals surface area contributed by atoms with Gasteiger partial charge in [0.05, 0.1) is 23.6 Å². The van der Waals surface area contributed by atoms with Gasteiger partial charge in [-0.25, -0.2) is 22.7 Å². The zero-order valence-corrected chi connectivity index (χ0v) is 23.2. The van der Waals surface area contributed by atoms with Gasteiger partial charge in [0, 0.05) is 0 Å². The molecule has 2 N–H and O–H groups in total. The molecule has 0 heterocycles. The van der Waals surface area contributed by atoms with Crippen molar-refractivity contribution in [3.63, 3.8) is 0 Å². The molecule has 208 valence electrons. The Kier molecular flexibility index (Phi) is 10.1. The summed E-state index contributed by atoms with van der Waals surface area (Å²) in [6.45, 7) is 6.90. The smallest absolute Gasteiger partial charge is 0.408 e. The number of hydrogen-bond acceptors (Lipinski definition) is 7. The highest BCUT2D eigenvalue weighted by molar-refractivity contribution is 7.89. The predicted molar refractivity (Wildman–Crippen MR) is 147 cm³/mol. The zero-order valence-electron chi connectivity index (χ0n) is 22.4. The molecule has 0 unspecified atom stereocenters. The highest BCUT2D eigenvalue weighted by atomic mass is 32.2. The largest absolute Gasteiger partial charge is 0.482 e. The number of benzene rings is 3. The van der Waals surface area contributed by atoms with Gasteiger partial charge >= 0.3 is 12.1 Å². The maximum atomic E-state index is 13.6. The first kappa shape index (κ1) is 29.7. The summed E-state index contributed by atoms with van der Waals surface area (Å²) in [5.41, 5.74) is 0.576. The minimum absolute atomic E-state index is 0.0176. The highest BCUT2D eigenvalue weighted by Gasteiger charge is 2.32. The van der Waals surface area contributed by atoms with Gasteiger partial charge in [-0.15, -0.1) is 0 Å². The summed E-state index contributed by atoms with van der Waals surface area (Å²) >= 11 is 0. The summed E-state index contributed by atoms with van der Waals surface area (Å²) in [5, 5.41) is 2.86. The van der Waals surface area contributed by atoms with E-state index in [2.05, 4.69) is 10.0 Å². The number of carbonyl (C=O) groups excluding carboxylic acids is 2. The number of ether oxygens (including phenoxy) is 3. The van der Waals surface area contributed by atoms with Crippen LogP contribution in [0, 0.1) is 0 Å². The van der Waals surface area contributed by atoms with Crippen LogP contribution in [0.3, 0.4) is 0 Å². The van der Waals surface area contributed by atoms with Crippen LogP contribution < -0.4 is 14.8 Å². The van der Waals surface area contributed by atoms with Gasteiger partial charge in [0.2, 0.25) is 10.0 Å². The minimum atomic E-state index is -4.08. The van der Waals surface area contributed by atoms with Crippen LogP contribution in [0.2, 0.25) is 0 Å². The summed E-state index contributed by atoms with van der Waals surface area (Å²) in [6.07, 6.45) is -0.681. The van der Waals surface area contributed by atoms with E-state index in [1.54, 1.807) is 52.0 Å². The van der Waals surface area contributed by atoms with E-state index in [1.807, 2.05) is 36.4 Å². The van der Waals surface area contributed by atoms with Crippen molar-refractivity contribution in [2.45, 2.75) is 50.3 Å². The monoisotopic (exact) mass is 554 g/mol. The van der Waals surface area contributed by atoms with Crippen molar-refractivity contribution in [3.8, 4) is 5.75 Å². The van der Waals surface area contributed by atoms with E-state index in [0.717, 1.165) is 0 Å². The number of nitrogens with one attached hydrogen (secondary N) is 2. The first-order valence-electron chi connectivity index (χ1n) is 12.5. The van der Waals surface area contributed by atoms with E-state index in [9.17, 15) is 18.0 Å². The Morgan fingerprint density at radius 1 is 0.821 bits per heavy atom. The van der Waals surface area contributed by atoms with E-state index < -0.39 is 39.8 Å². The van der Waals surface area contributed by atoms with Crippen molar-refractivity contribution in [2.24, 2.45) is 0 Å². The molecule has 0 aliphatic carbocycles. The molecular weight excluding hydrogens is 520 g/mol. The average Bonchev–Trinajstić information content (AvgIpc) is 2.90. The normalized spacial score (nSPS) is 13.1. The lowest BCUT2D eigenvalue weighted by atomic mass is 9.94. The molecule has 0 aliphatic heterocycles. The number of esters is 1. The predicted octanol–water partition coefficient (Wildman–Crippen LogP) is 4.91. The van der Waals surface area contributed by atoms with Gasteiger partial charge in [-0.05, 0) is 63.1 Å². The van der Waals surface area contributed by atoms with Crippen LogP contribution in [0.15, 0.2) is 89.8 Å². The molecule has 0 aliphatic rings. The summed E-state index contributed by atoms with van der Waals surface area (Å²) in [6, 6.07) is 22.0. The molecule has 0 bridgehead atoms. The van der Waals surface area contributed by atoms with Crippen LogP contribution in [-0.2, 0) is 24.3 Å². The van der Waals surface area contributed by atoms with Crippen LogP contribution in [0.25, 0.3) is 0 Å². The van der Waals surface area contributed by atoms with Crippen molar-refractivity contribution in [1.82, 2.24) is 10.0 Å². The SMILES string of the molecule is CCOC(=O)COc1ccc(S(=O)(=O)N[C@@H](c2ccccc2)[C@@H](NC(=O)OC(C)(C)C)c2ccccc2)cc1. The molecule has 2 atom stereocenters. The lowest BCUT2D eigenvalue weighted by Crippen LogP contribution is -2.42. The molecule has 1 amide bonds. The second kappa shape index (κ2) is 13.3. The van der Waals surface area contributed by atoms with Gasteiger partial charge in [0.1, 0.15) is 11.4 Å². The van der Waals surface area contributed by atoms with Gasteiger partial charge in [0.15, 0.2) is 6.61 Å². The standard InChI is InChI=1S/C29H34N2O7S/c1-5-36-25(32)20-37-23-16-18-24(19-17-23)39(34,35)31-27(22-14-10-7-11-15-22)26(21-12-8-6-9-13-21)30-28(33)38-29(2,3)4/h6-19,26-27,31H,5,20H2,1-4H3,(H,30,33)/t26-,27-/m0/s1. The Morgan fingerprint density at radius 2 is 1.36 bits per heavy atom. The average molecular weight is 555 g/mol. The van der Waals surface area contributed by atoms with Crippen LogP contribution in [-0.4, -0.2) is 39.3 Å². The fourth-order valence-corrected chi connectivity index (χ4v) is 4.97. The molecule has 0 aromatic heterocycles. The number of sulfonamides is 1. The number of rotatable bonds is 11. The third-order valence-electron chi connectivity index (χ3n) is 5.40. The lowest BCUT2D eigenvalue weighted by molar-refractivity contribution is -0.145. The number of carbonyl (C=O) groups is 2. The van der Waals surface area contributed by atoms with E-state index in [-0.39, 0.29) is 18.1 Å².